The molecule has 1 N–H and O–H groups in total. The Labute approximate surface area is 138 Å². The van der Waals surface area contributed by atoms with Crippen LogP contribution < -0.4 is 0 Å². The van der Waals surface area contributed by atoms with Gasteiger partial charge in [-0.3, -0.25) is 14.6 Å². The Hall–Kier alpha value is -1.65. The van der Waals surface area contributed by atoms with Gasteiger partial charge in [-0.25, -0.2) is 0 Å². The number of methoxy groups -OCH3 is 1. The molecule has 0 spiro atoms. The average molecular weight is 323 g/mol. The Bertz CT molecular complexity index is 531. The zero-order chi connectivity index (χ0) is 17.8. The maximum Gasteiger partial charge on any atom is 0.316 e. The molecule has 1 aliphatic rings. The fraction of sp³-hybridized carbons (Fsp3) is 0.722. The third-order valence-electron chi connectivity index (χ3n) is 4.38. The molecule has 0 saturated heterocycles. The lowest BCUT2D eigenvalue weighted by Gasteiger charge is -2.37. The molecule has 0 amide bonds. The van der Waals surface area contributed by atoms with Crippen molar-refractivity contribution >= 4 is 17.5 Å². The fourth-order valence-corrected chi connectivity index (χ4v) is 2.96. The van der Waals surface area contributed by atoms with Gasteiger partial charge < -0.3 is 9.84 Å². The summed E-state index contributed by atoms with van der Waals surface area (Å²) in [6, 6.07) is 0.0627. The molecule has 130 valence electrons. The Balaban J connectivity index is 3.50. The van der Waals surface area contributed by atoms with Crippen LogP contribution in [0.4, 0.5) is 0 Å². The Kier molecular flexibility index (Phi) is 6.54. The van der Waals surface area contributed by atoms with Crippen LogP contribution in [0.1, 0.15) is 60.3 Å². The summed E-state index contributed by atoms with van der Waals surface area (Å²) in [5, 5.41) is 10.7. The maximum atomic E-state index is 12.5. The minimum Gasteiger partial charge on any atom is -0.511 e. The Morgan fingerprint density at radius 2 is 2.00 bits per heavy atom. The summed E-state index contributed by atoms with van der Waals surface area (Å²) in [5.41, 5.74) is 0.279. The molecular formula is C18H29NO4. The second-order valence-electron chi connectivity index (χ2n) is 6.89. The molecule has 1 rings (SSSR count). The molecule has 0 aromatic heterocycles. The van der Waals surface area contributed by atoms with Crippen molar-refractivity contribution in [3.63, 3.8) is 0 Å². The van der Waals surface area contributed by atoms with Gasteiger partial charge in [-0.05, 0) is 31.6 Å². The SMILES string of the molecule is CCCC(=O)C1=C(O)[C@H](C(=O)OC)C(C)(C)CC1=N[C@H](C)CC. The molecular weight excluding hydrogens is 294 g/mol. The lowest BCUT2D eigenvalue weighted by Crippen LogP contribution is -2.42. The molecule has 0 saturated carbocycles. The molecule has 1 aliphatic carbocycles. The Morgan fingerprint density at radius 1 is 1.39 bits per heavy atom. The minimum atomic E-state index is -0.834. The molecule has 0 bridgehead atoms. The molecule has 0 unspecified atom stereocenters. The monoisotopic (exact) mass is 323 g/mol. The zero-order valence-electron chi connectivity index (χ0n) is 15.1. The van der Waals surface area contributed by atoms with E-state index in [4.69, 9.17) is 4.74 Å². The molecule has 5 heteroatoms. The number of nitrogens with zero attached hydrogens (tertiary/aromatic N) is 1. The second kappa shape index (κ2) is 7.75. The van der Waals surface area contributed by atoms with E-state index in [9.17, 15) is 14.7 Å². The van der Waals surface area contributed by atoms with Gasteiger partial charge in [0.05, 0.1) is 12.7 Å². The van der Waals surface area contributed by atoms with Crippen LogP contribution >= 0.6 is 0 Å². The number of carbonyl (C=O) groups excluding carboxylic acids is 2. The van der Waals surface area contributed by atoms with Gasteiger partial charge in [0.15, 0.2) is 5.78 Å². The molecule has 0 aromatic rings. The topological polar surface area (TPSA) is 76.0 Å². The quantitative estimate of drug-likeness (QED) is 0.757. The summed E-state index contributed by atoms with van der Waals surface area (Å²) in [5.74, 6) is -1.69. The summed E-state index contributed by atoms with van der Waals surface area (Å²) >= 11 is 0. The van der Waals surface area contributed by atoms with Crippen LogP contribution in [-0.4, -0.2) is 35.7 Å². The summed E-state index contributed by atoms with van der Waals surface area (Å²) in [7, 11) is 1.29. The van der Waals surface area contributed by atoms with Crippen LogP contribution in [0.25, 0.3) is 0 Å². The predicted molar refractivity (Wildman–Crippen MR) is 90.7 cm³/mol. The Morgan fingerprint density at radius 3 is 2.48 bits per heavy atom. The third-order valence-corrected chi connectivity index (χ3v) is 4.38. The van der Waals surface area contributed by atoms with Gasteiger partial charge in [-0.1, -0.05) is 27.7 Å². The van der Waals surface area contributed by atoms with Crippen molar-refractivity contribution in [2.24, 2.45) is 16.3 Å². The highest BCUT2D eigenvalue weighted by Crippen LogP contribution is 2.43. The fourth-order valence-electron chi connectivity index (χ4n) is 2.96. The first-order valence-electron chi connectivity index (χ1n) is 8.30. The van der Waals surface area contributed by atoms with E-state index in [1.807, 2.05) is 34.6 Å². The normalized spacial score (nSPS) is 23.7. The summed E-state index contributed by atoms with van der Waals surface area (Å²) in [6.07, 6.45) is 2.32. The van der Waals surface area contributed by atoms with Gasteiger partial charge in [0, 0.05) is 18.2 Å². The van der Waals surface area contributed by atoms with E-state index in [0.29, 0.717) is 25.0 Å². The first-order valence-corrected chi connectivity index (χ1v) is 8.30. The number of Topliss-reactive ketones (excluding diaryl/α,β-unsaturated/α-hetero) is 1. The van der Waals surface area contributed by atoms with Crippen molar-refractivity contribution in [1.82, 2.24) is 0 Å². The predicted octanol–water partition coefficient (Wildman–Crippen LogP) is 3.63. The van der Waals surface area contributed by atoms with Gasteiger partial charge in [-0.2, -0.15) is 0 Å². The van der Waals surface area contributed by atoms with Gasteiger partial charge in [0.25, 0.3) is 0 Å². The highest BCUT2D eigenvalue weighted by Gasteiger charge is 2.47. The summed E-state index contributed by atoms with van der Waals surface area (Å²) in [4.78, 5) is 29.3. The van der Waals surface area contributed by atoms with Gasteiger partial charge in [0.1, 0.15) is 11.7 Å². The van der Waals surface area contributed by atoms with Crippen LogP contribution in [0.15, 0.2) is 16.3 Å². The van der Waals surface area contributed by atoms with E-state index in [2.05, 4.69) is 4.99 Å². The maximum absolute atomic E-state index is 12.5. The van der Waals surface area contributed by atoms with Crippen LogP contribution in [0, 0.1) is 11.3 Å². The van der Waals surface area contributed by atoms with Crippen LogP contribution in [0.5, 0.6) is 0 Å². The van der Waals surface area contributed by atoms with Gasteiger partial charge in [-0.15, -0.1) is 0 Å². The molecule has 0 aliphatic heterocycles. The highest BCUT2D eigenvalue weighted by atomic mass is 16.5. The van der Waals surface area contributed by atoms with Gasteiger partial charge in [0.2, 0.25) is 0 Å². The number of hydrogen-bond donors (Lipinski definition) is 1. The average Bonchev–Trinajstić information content (AvgIpc) is 2.45. The first-order chi connectivity index (χ1) is 10.7. The molecule has 5 nitrogen and oxygen atoms in total. The number of allylic oxidation sites excluding steroid dienone is 1. The number of hydrogen-bond acceptors (Lipinski definition) is 5. The number of rotatable bonds is 6. The van der Waals surface area contributed by atoms with Crippen molar-refractivity contribution in [3.05, 3.63) is 11.3 Å². The van der Waals surface area contributed by atoms with Gasteiger partial charge >= 0.3 is 5.97 Å². The number of ether oxygens (including phenoxy) is 1. The molecule has 2 atom stereocenters. The van der Waals surface area contributed by atoms with E-state index in [0.717, 1.165) is 6.42 Å². The molecule has 0 heterocycles. The molecule has 0 aromatic carbocycles. The second-order valence-corrected chi connectivity index (χ2v) is 6.89. The summed E-state index contributed by atoms with van der Waals surface area (Å²) < 4.78 is 4.84. The van der Waals surface area contributed by atoms with Crippen LogP contribution in [0.2, 0.25) is 0 Å². The largest absolute Gasteiger partial charge is 0.511 e. The first kappa shape index (κ1) is 19.4. The van der Waals surface area contributed by atoms with Crippen LogP contribution in [-0.2, 0) is 14.3 Å². The van der Waals surface area contributed by atoms with Crippen molar-refractivity contribution in [1.29, 1.82) is 0 Å². The molecule has 0 fully saturated rings. The van der Waals surface area contributed by atoms with Crippen molar-refractivity contribution in [2.75, 3.05) is 7.11 Å². The lowest BCUT2D eigenvalue weighted by molar-refractivity contribution is -0.149. The van der Waals surface area contributed by atoms with Crippen molar-refractivity contribution in [2.45, 2.75) is 66.3 Å². The van der Waals surface area contributed by atoms with Crippen molar-refractivity contribution < 1.29 is 19.4 Å². The van der Waals surface area contributed by atoms with E-state index in [1.165, 1.54) is 7.11 Å². The summed E-state index contributed by atoms with van der Waals surface area (Å²) in [6.45, 7) is 9.68. The van der Waals surface area contributed by atoms with E-state index in [-0.39, 0.29) is 23.2 Å². The van der Waals surface area contributed by atoms with E-state index >= 15 is 0 Å². The van der Waals surface area contributed by atoms with E-state index < -0.39 is 17.3 Å². The molecule has 23 heavy (non-hydrogen) atoms. The number of ketones is 1. The number of aliphatic hydroxyl groups is 1. The minimum absolute atomic E-state index is 0.0627. The number of carbonyl (C=O) groups is 2. The lowest BCUT2D eigenvalue weighted by atomic mass is 9.67. The number of aliphatic hydroxyl groups excluding tert-OH is 1. The third kappa shape index (κ3) is 4.21. The number of esters is 1. The molecule has 0 radical (unpaired) electrons. The number of aliphatic imine (C=N–C) groups is 1. The van der Waals surface area contributed by atoms with E-state index in [1.54, 1.807) is 0 Å². The standard InChI is InChI=1S/C18H29NO4/c1-7-9-13(20)14-12(19-11(3)8-2)10-18(4,5)15(16(14)21)17(22)23-6/h11,15,21H,7-10H2,1-6H3/t11-,15-/m1/s1. The smallest absolute Gasteiger partial charge is 0.316 e. The highest BCUT2D eigenvalue weighted by molar-refractivity contribution is 6.24. The van der Waals surface area contributed by atoms with Crippen LogP contribution in [0.3, 0.4) is 0 Å². The zero-order valence-corrected chi connectivity index (χ0v) is 15.1. The van der Waals surface area contributed by atoms with Crippen molar-refractivity contribution in [3.8, 4) is 0 Å².